The van der Waals surface area contributed by atoms with Gasteiger partial charge in [0.05, 0.1) is 16.4 Å². The monoisotopic (exact) mass is 298 g/mol. The number of aryl methyl sites for hydroxylation is 1. The van der Waals surface area contributed by atoms with E-state index in [2.05, 4.69) is 15.4 Å². The topological polar surface area (TPSA) is 59.8 Å². The molecule has 0 aliphatic carbocycles. The second-order valence-corrected chi connectivity index (χ2v) is 5.61. The number of benzene rings is 1. The Balaban J connectivity index is 1.81. The number of thiazole rings is 1. The molecular weight excluding hydrogens is 284 g/mol. The molecule has 0 radical (unpaired) electrons. The average molecular weight is 298 g/mol. The van der Waals surface area contributed by atoms with Gasteiger partial charge >= 0.3 is 0 Å². The van der Waals surface area contributed by atoms with Crippen LogP contribution in [0.1, 0.15) is 5.01 Å². The van der Waals surface area contributed by atoms with Gasteiger partial charge in [-0.3, -0.25) is 9.48 Å². The predicted octanol–water partition coefficient (Wildman–Crippen LogP) is 2.95. The first-order chi connectivity index (χ1) is 10.2. The van der Waals surface area contributed by atoms with Crippen LogP contribution in [0, 0.1) is 6.92 Å². The molecule has 0 saturated heterocycles. The van der Waals surface area contributed by atoms with E-state index in [0.29, 0.717) is 0 Å². The molecule has 0 fully saturated rings. The molecule has 1 amide bonds. The van der Waals surface area contributed by atoms with Gasteiger partial charge in [0.2, 0.25) is 5.91 Å². The van der Waals surface area contributed by atoms with Gasteiger partial charge in [-0.05, 0) is 19.1 Å². The van der Waals surface area contributed by atoms with Crippen LogP contribution < -0.4 is 5.32 Å². The van der Waals surface area contributed by atoms with E-state index in [1.165, 1.54) is 0 Å². The van der Waals surface area contributed by atoms with Crippen molar-refractivity contribution in [2.24, 2.45) is 0 Å². The SMILES string of the molecule is Cc1nc(-c2ccccc2NC(=O)Cn2cccn2)cs1. The number of nitrogens with one attached hydrogen (secondary N) is 1. The lowest BCUT2D eigenvalue weighted by Crippen LogP contribution is -2.19. The number of hydrogen-bond acceptors (Lipinski definition) is 4. The molecule has 2 heterocycles. The molecule has 0 atom stereocenters. The van der Waals surface area contributed by atoms with Gasteiger partial charge in [-0.25, -0.2) is 4.98 Å². The Morgan fingerprint density at radius 3 is 2.90 bits per heavy atom. The Hall–Kier alpha value is -2.47. The highest BCUT2D eigenvalue weighted by molar-refractivity contribution is 7.09. The van der Waals surface area contributed by atoms with Crippen molar-refractivity contribution < 1.29 is 4.79 Å². The molecule has 3 rings (SSSR count). The Morgan fingerprint density at radius 1 is 1.33 bits per heavy atom. The molecule has 0 aliphatic heterocycles. The van der Waals surface area contributed by atoms with Gasteiger partial charge in [-0.15, -0.1) is 11.3 Å². The summed E-state index contributed by atoms with van der Waals surface area (Å²) in [5.41, 5.74) is 2.57. The highest BCUT2D eigenvalue weighted by Gasteiger charge is 2.10. The first-order valence-electron chi connectivity index (χ1n) is 6.51. The highest BCUT2D eigenvalue weighted by atomic mass is 32.1. The third-order valence-electron chi connectivity index (χ3n) is 2.96. The van der Waals surface area contributed by atoms with Crippen LogP contribution in [0.25, 0.3) is 11.3 Å². The summed E-state index contributed by atoms with van der Waals surface area (Å²) in [7, 11) is 0. The second kappa shape index (κ2) is 5.88. The molecule has 2 aromatic heterocycles. The van der Waals surface area contributed by atoms with Crippen LogP contribution in [0.4, 0.5) is 5.69 Å². The molecule has 21 heavy (non-hydrogen) atoms. The van der Waals surface area contributed by atoms with Crippen LogP contribution in [0.15, 0.2) is 48.1 Å². The number of anilines is 1. The van der Waals surface area contributed by atoms with Crippen molar-refractivity contribution in [3.63, 3.8) is 0 Å². The zero-order valence-electron chi connectivity index (χ0n) is 11.5. The number of nitrogens with zero attached hydrogens (tertiary/aromatic N) is 3. The molecule has 0 aliphatic rings. The van der Waals surface area contributed by atoms with Crippen molar-refractivity contribution in [1.29, 1.82) is 0 Å². The van der Waals surface area contributed by atoms with E-state index in [1.807, 2.05) is 36.6 Å². The summed E-state index contributed by atoms with van der Waals surface area (Å²) in [6.45, 7) is 2.16. The van der Waals surface area contributed by atoms with Crippen molar-refractivity contribution in [2.75, 3.05) is 5.32 Å². The Kier molecular flexibility index (Phi) is 3.79. The lowest BCUT2D eigenvalue weighted by atomic mass is 10.1. The number of hydrogen-bond donors (Lipinski definition) is 1. The van der Waals surface area contributed by atoms with E-state index in [9.17, 15) is 4.79 Å². The molecule has 3 aromatic rings. The smallest absolute Gasteiger partial charge is 0.246 e. The fourth-order valence-corrected chi connectivity index (χ4v) is 2.65. The number of carbonyl (C=O) groups excluding carboxylic acids is 1. The van der Waals surface area contributed by atoms with E-state index >= 15 is 0 Å². The quantitative estimate of drug-likeness (QED) is 0.805. The van der Waals surface area contributed by atoms with Gasteiger partial charge < -0.3 is 5.32 Å². The summed E-state index contributed by atoms with van der Waals surface area (Å²) >= 11 is 1.59. The van der Waals surface area contributed by atoms with E-state index in [0.717, 1.165) is 22.0 Å². The number of rotatable bonds is 4. The molecule has 0 bridgehead atoms. The predicted molar refractivity (Wildman–Crippen MR) is 83.1 cm³/mol. The number of carbonyl (C=O) groups is 1. The first kappa shape index (κ1) is 13.5. The Bertz CT molecular complexity index is 749. The summed E-state index contributed by atoms with van der Waals surface area (Å²) in [6, 6.07) is 9.46. The fourth-order valence-electron chi connectivity index (χ4n) is 2.03. The highest BCUT2D eigenvalue weighted by Crippen LogP contribution is 2.28. The Morgan fingerprint density at radius 2 is 2.19 bits per heavy atom. The third kappa shape index (κ3) is 3.17. The minimum atomic E-state index is -0.113. The lowest BCUT2D eigenvalue weighted by Gasteiger charge is -2.09. The number of amides is 1. The maximum atomic E-state index is 12.1. The van der Waals surface area contributed by atoms with Gasteiger partial charge in [0.15, 0.2) is 0 Å². The van der Waals surface area contributed by atoms with Gasteiger partial charge in [0.25, 0.3) is 0 Å². The zero-order valence-corrected chi connectivity index (χ0v) is 12.3. The van der Waals surface area contributed by atoms with Crippen LogP contribution in [0.5, 0.6) is 0 Å². The molecule has 6 heteroatoms. The van der Waals surface area contributed by atoms with Crippen LogP contribution in [0.2, 0.25) is 0 Å². The normalized spacial score (nSPS) is 10.5. The van der Waals surface area contributed by atoms with Crippen molar-refractivity contribution in [3.8, 4) is 11.3 Å². The number of para-hydroxylation sites is 1. The van der Waals surface area contributed by atoms with Crippen molar-refractivity contribution in [1.82, 2.24) is 14.8 Å². The van der Waals surface area contributed by atoms with E-state index in [-0.39, 0.29) is 12.5 Å². The van der Waals surface area contributed by atoms with Crippen LogP contribution in [0.3, 0.4) is 0 Å². The van der Waals surface area contributed by atoms with E-state index in [1.54, 1.807) is 34.5 Å². The van der Waals surface area contributed by atoms with Crippen LogP contribution in [-0.4, -0.2) is 20.7 Å². The first-order valence-corrected chi connectivity index (χ1v) is 7.39. The standard InChI is InChI=1S/C15H14N4OS/c1-11-17-14(10-21-11)12-5-2-3-6-13(12)18-15(20)9-19-8-4-7-16-19/h2-8,10H,9H2,1H3,(H,18,20). The molecule has 0 spiro atoms. The van der Waals surface area contributed by atoms with E-state index in [4.69, 9.17) is 0 Å². The molecular formula is C15H14N4OS. The van der Waals surface area contributed by atoms with E-state index < -0.39 is 0 Å². The van der Waals surface area contributed by atoms with Gasteiger partial charge in [0.1, 0.15) is 6.54 Å². The largest absolute Gasteiger partial charge is 0.324 e. The second-order valence-electron chi connectivity index (χ2n) is 4.55. The maximum Gasteiger partial charge on any atom is 0.246 e. The molecule has 1 N–H and O–H groups in total. The summed E-state index contributed by atoms with van der Waals surface area (Å²) in [4.78, 5) is 16.6. The molecule has 0 saturated carbocycles. The van der Waals surface area contributed by atoms with Crippen molar-refractivity contribution in [2.45, 2.75) is 13.5 Å². The summed E-state index contributed by atoms with van der Waals surface area (Å²) < 4.78 is 1.59. The molecule has 5 nitrogen and oxygen atoms in total. The average Bonchev–Trinajstić information content (AvgIpc) is 3.11. The summed E-state index contributed by atoms with van der Waals surface area (Å²) in [5.74, 6) is -0.113. The van der Waals surface area contributed by atoms with Crippen LogP contribution >= 0.6 is 11.3 Å². The number of aromatic nitrogens is 3. The fraction of sp³-hybridized carbons (Fsp3) is 0.133. The van der Waals surface area contributed by atoms with Gasteiger partial charge in [-0.2, -0.15) is 5.10 Å². The zero-order chi connectivity index (χ0) is 14.7. The summed E-state index contributed by atoms with van der Waals surface area (Å²) in [6.07, 6.45) is 3.41. The minimum absolute atomic E-state index is 0.113. The molecule has 1 aromatic carbocycles. The maximum absolute atomic E-state index is 12.1. The lowest BCUT2D eigenvalue weighted by molar-refractivity contribution is -0.116. The summed E-state index contributed by atoms with van der Waals surface area (Å²) in [5, 5.41) is 9.94. The van der Waals surface area contributed by atoms with Gasteiger partial charge in [0, 0.05) is 23.3 Å². The van der Waals surface area contributed by atoms with Crippen LogP contribution in [-0.2, 0) is 11.3 Å². The Labute approximate surface area is 126 Å². The van der Waals surface area contributed by atoms with Crippen molar-refractivity contribution in [3.05, 3.63) is 53.1 Å². The molecule has 0 unspecified atom stereocenters. The third-order valence-corrected chi connectivity index (χ3v) is 3.73. The van der Waals surface area contributed by atoms with Gasteiger partial charge in [-0.1, -0.05) is 18.2 Å². The molecule has 106 valence electrons. The van der Waals surface area contributed by atoms with Crippen molar-refractivity contribution >= 4 is 22.9 Å². The minimum Gasteiger partial charge on any atom is -0.324 e.